The van der Waals surface area contributed by atoms with E-state index in [1.54, 1.807) is 29.3 Å². The number of pyridine rings is 1. The Morgan fingerprint density at radius 1 is 1.41 bits per heavy atom. The van der Waals surface area contributed by atoms with Gasteiger partial charge in [-0.05, 0) is 31.4 Å². The van der Waals surface area contributed by atoms with Crippen molar-refractivity contribution in [1.82, 2.24) is 24.5 Å². The summed E-state index contributed by atoms with van der Waals surface area (Å²) in [7, 11) is 0. The van der Waals surface area contributed by atoms with Gasteiger partial charge in [-0.3, -0.25) is 14.3 Å². The van der Waals surface area contributed by atoms with Crippen molar-refractivity contribution in [1.29, 1.82) is 0 Å². The molecule has 3 heterocycles. The number of aryl methyl sites for hydroxylation is 1. The molecule has 0 aliphatic carbocycles. The fourth-order valence-corrected chi connectivity index (χ4v) is 2.87. The van der Waals surface area contributed by atoms with Crippen LogP contribution in [0.25, 0.3) is 0 Å². The van der Waals surface area contributed by atoms with Crippen molar-refractivity contribution in [2.75, 3.05) is 6.54 Å². The van der Waals surface area contributed by atoms with E-state index in [0.717, 1.165) is 24.9 Å². The highest BCUT2D eigenvalue weighted by atomic mass is 16.2. The number of likely N-dealkylation sites (tertiary alicyclic amines) is 1. The Hall–Kier alpha value is -2.44. The van der Waals surface area contributed by atoms with E-state index in [2.05, 4.69) is 10.3 Å². The topological polar surface area (TPSA) is 73.0 Å². The van der Waals surface area contributed by atoms with Gasteiger partial charge in [-0.15, -0.1) is 5.10 Å². The third kappa shape index (κ3) is 3.08. The molecule has 0 N–H and O–H groups in total. The molecule has 0 saturated carbocycles. The molecule has 22 heavy (non-hydrogen) atoms. The van der Waals surface area contributed by atoms with E-state index in [1.165, 1.54) is 4.57 Å². The van der Waals surface area contributed by atoms with Gasteiger partial charge >= 0.3 is 0 Å². The zero-order valence-electron chi connectivity index (χ0n) is 12.6. The van der Waals surface area contributed by atoms with Crippen molar-refractivity contribution in [2.45, 2.75) is 38.9 Å². The maximum atomic E-state index is 12.5. The molecule has 7 heteroatoms. The standard InChI is InChI=1S/C15H19N5O2/c1-12-4-7-18(14(21)9-12)11-15(22)20-6-2-3-13(20)10-19-8-5-16-17-19/h4-5,7-9,13H,2-3,6,10-11H2,1H3/t13-/m0/s1. The van der Waals surface area contributed by atoms with E-state index in [9.17, 15) is 9.59 Å². The SMILES string of the molecule is Cc1ccn(CC(=O)N2CCC[C@H]2Cn2ccnn2)c(=O)c1. The van der Waals surface area contributed by atoms with E-state index in [1.807, 2.05) is 17.9 Å². The van der Waals surface area contributed by atoms with E-state index in [4.69, 9.17) is 0 Å². The van der Waals surface area contributed by atoms with E-state index < -0.39 is 0 Å². The van der Waals surface area contributed by atoms with E-state index >= 15 is 0 Å². The molecule has 2 aromatic heterocycles. The number of rotatable bonds is 4. The fraction of sp³-hybridized carbons (Fsp3) is 0.467. The van der Waals surface area contributed by atoms with Crippen LogP contribution in [0, 0.1) is 6.92 Å². The van der Waals surface area contributed by atoms with Crippen molar-refractivity contribution >= 4 is 5.91 Å². The average Bonchev–Trinajstić information content (AvgIpc) is 3.14. The van der Waals surface area contributed by atoms with Gasteiger partial charge in [0.05, 0.1) is 18.8 Å². The minimum absolute atomic E-state index is 0.0198. The maximum Gasteiger partial charge on any atom is 0.251 e. The minimum atomic E-state index is -0.139. The molecule has 1 aliphatic rings. The van der Waals surface area contributed by atoms with Crippen LogP contribution < -0.4 is 5.56 Å². The van der Waals surface area contributed by atoms with Gasteiger partial charge in [-0.25, -0.2) is 0 Å². The number of nitrogens with zero attached hydrogens (tertiary/aromatic N) is 5. The molecule has 0 spiro atoms. The van der Waals surface area contributed by atoms with Crippen LogP contribution in [0.15, 0.2) is 35.5 Å². The van der Waals surface area contributed by atoms with Crippen molar-refractivity contribution in [3.63, 3.8) is 0 Å². The Morgan fingerprint density at radius 3 is 3.00 bits per heavy atom. The van der Waals surface area contributed by atoms with Gasteiger partial charge in [0.15, 0.2) is 0 Å². The van der Waals surface area contributed by atoms with Crippen LogP contribution in [0.5, 0.6) is 0 Å². The quantitative estimate of drug-likeness (QED) is 0.821. The summed E-state index contributed by atoms with van der Waals surface area (Å²) in [5, 5.41) is 7.74. The van der Waals surface area contributed by atoms with Crippen LogP contribution in [0.3, 0.4) is 0 Å². The summed E-state index contributed by atoms with van der Waals surface area (Å²) in [6.07, 6.45) is 7.04. The number of aromatic nitrogens is 4. The zero-order valence-corrected chi connectivity index (χ0v) is 12.6. The number of hydrogen-bond donors (Lipinski definition) is 0. The predicted octanol–water partition coefficient (Wildman–Crippen LogP) is 0.439. The lowest BCUT2D eigenvalue weighted by Crippen LogP contribution is -2.41. The molecule has 3 rings (SSSR count). The highest BCUT2D eigenvalue weighted by Gasteiger charge is 2.29. The second-order valence-electron chi connectivity index (χ2n) is 5.68. The van der Waals surface area contributed by atoms with Crippen LogP contribution in [0.1, 0.15) is 18.4 Å². The lowest BCUT2D eigenvalue weighted by atomic mass is 10.2. The third-order valence-electron chi connectivity index (χ3n) is 4.02. The van der Waals surface area contributed by atoms with Gasteiger partial charge in [0.25, 0.3) is 5.56 Å². The van der Waals surface area contributed by atoms with Crippen molar-refractivity contribution in [2.24, 2.45) is 0 Å². The van der Waals surface area contributed by atoms with Gasteiger partial charge in [0.2, 0.25) is 5.91 Å². The summed E-state index contributed by atoms with van der Waals surface area (Å²) in [5.41, 5.74) is 0.763. The number of carbonyl (C=O) groups is 1. The van der Waals surface area contributed by atoms with Gasteiger partial charge in [-0.1, -0.05) is 5.21 Å². The molecule has 0 radical (unpaired) electrons. The molecule has 0 aromatic carbocycles. The Balaban J connectivity index is 1.69. The summed E-state index contributed by atoms with van der Waals surface area (Å²) in [4.78, 5) is 26.3. The van der Waals surface area contributed by atoms with Crippen LogP contribution in [0.4, 0.5) is 0 Å². The molecule has 1 saturated heterocycles. The highest BCUT2D eigenvalue weighted by molar-refractivity contribution is 5.76. The fourth-order valence-electron chi connectivity index (χ4n) is 2.87. The van der Waals surface area contributed by atoms with Crippen molar-refractivity contribution in [3.8, 4) is 0 Å². The maximum absolute atomic E-state index is 12.5. The first-order valence-corrected chi connectivity index (χ1v) is 7.44. The second kappa shape index (κ2) is 6.13. The summed E-state index contributed by atoms with van der Waals surface area (Å²) in [5.74, 6) is -0.0198. The monoisotopic (exact) mass is 301 g/mol. The summed E-state index contributed by atoms with van der Waals surface area (Å²) in [6.45, 7) is 3.34. The first kappa shape index (κ1) is 14.5. The van der Waals surface area contributed by atoms with Crippen LogP contribution in [0.2, 0.25) is 0 Å². The van der Waals surface area contributed by atoms with Crippen LogP contribution in [-0.2, 0) is 17.9 Å². The second-order valence-corrected chi connectivity index (χ2v) is 5.68. The summed E-state index contributed by atoms with van der Waals surface area (Å²) in [6, 6.07) is 3.51. The van der Waals surface area contributed by atoms with Crippen molar-refractivity contribution < 1.29 is 4.79 Å². The predicted molar refractivity (Wildman–Crippen MR) is 80.2 cm³/mol. The molecule has 0 bridgehead atoms. The number of amides is 1. The van der Waals surface area contributed by atoms with Crippen LogP contribution >= 0.6 is 0 Å². The molecular weight excluding hydrogens is 282 g/mol. The Morgan fingerprint density at radius 2 is 2.27 bits per heavy atom. The number of hydrogen-bond acceptors (Lipinski definition) is 4. The largest absolute Gasteiger partial charge is 0.336 e. The molecule has 7 nitrogen and oxygen atoms in total. The molecule has 1 aliphatic heterocycles. The van der Waals surface area contributed by atoms with Crippen molar-refractivity contribution in [3.05, 3.63) is 46.6 Å². The van der Waals surface area contributed by atoms with Crippen LogP contribution in [-0.4, -0.2) is 43.0 Å². The Kier molecular flexibility index (Phi) is 4.04. The molecular formula is C15H19N5O2. The molecule has 1 amide bonds. The smallest absolute Gasteiger partial charge is 0.251 e. The van der Waals surface area contributed by atoms with Gasteiger partial charge < -0.3 is 9.47 Å². The van der Waals surface area contributed by atoms with Gasteiger partial charge in [0.1, 0.15) is 6.54 Å². The van der Waals surface area contributed by atoms with E-state index in [-0.39, 0.29) is 24.1 Å². The third-order valence-corrected chi connectivity index (χ3v) is 4.02. The molecule has 0 unspecified atom stereocenters. The first-order valence-electron chi connectivity index (χ1n) is 7.44. The highest BCUT2D eigenvalue weighted by Crippen LogP contribution is 2.19. The summed E-state index contributed by atoms with van der Waals surface area (Å²) >= 11 is 0. The van der Waals surface area contributed by atoms with Gasteiger partial charge in [0, 0.05) is 25.0 Å². The number of carbonyl (C=O) groups excluding carboxylic acids is 1. The average molecular weight is 301 g/mol. The Labute approximate surface area is 128 Å². The molecule has 1 atom stereocenters. The lowest BCUT2D eigenvalue weighted by Gasteiger charge is -2.24. The Bertz CT molecular complexity index is 707. The van der Waals surface area contributed by atoms with E-state index in [0.29, 0.717) is 6.54 Å². The molecule has 2 aromatic rings. The zero-order chi connectivity index (χ0) is 15.5. The molecule has 1 fully saturated rings. The molecule has 116 valence electrons. The normalized spacial score (nSPS) is 17.9. The first-order chi connectivity index (χ1) is 10.6. The lowest BCUT2D eigenvalue weighted by molar-refractivity contribution is -0.133. The summed E-state index contributed by atoms with van der Waals surface area (Å²) < 4.78 is 3.20. The van der Waals surface area contributed by atoms with Gasteiger partial charge in [-0.2, -0.15) is 0 Å². The minimum Gasteiger partial charge on any atom is -0.336 e.